The zero-order chi connectivity index (χ0) is 24.6. The van der Waals surface area contributed by atoms with E-state index in [1.54, 1.807) is 11.8 Å². The fourth-order valence-corrected chi connectivity index (χ4v) is 5.36. The molecular formula is C25H27FN2O4S2. The Morgan fingerprint density at radius 2 is 1.65 bits per heavy atom. The van der Waals surface area contributed by atoms with Crippen molar-refractivity contribution < 1.29 is 22.3 Å². The van der Waals surface area contributed by atoms with E-state index in [0.717, 1.165) is 22.2 Å². The summed E-state index contributed by atoms with van der Waals surface area (Å²) in [5.74, 6) is 1.07. The van der Waals surface area contributed by atoms with E-state index >= 15 is 0 Å². The number of thioether (sulfide) groups is 1. The molecule has 0 aliphatic carbocycles. The van der Waals surface area contributed by atoms with Gasteiger partial charge in [0.25, 0.3) is 10.0 Å². The van der Waals surface area contributed by atoms with Gasteiger partial charge < -0.3 is 10.1 Å². The van der Waals surface area contributed by atoms with Crippen molar-refractivity contribution in [3.8, 4) is 5.75 Å². The Hall–Kier alpha value is -3.04. The lowest BCUT2D eigenvalue weighted by molar-refractivity contribution is -0.119. The van der Waals surface area contributed by atoms with Gasteiger partial charge in [-0.15, -0.1) is 0 Å². The Kier molecular flexibility index (Phi) is 8.95. The monoisotopic (exact) mass is 502 g/mol. The summed E-state index contributed by atoms with van der Waals surface area (Å²) in [7, 11) is -2.59. The van der Waals surface area contributed by atoms with Crippen LogP contribution in [0.5, 0.6) is 5.75 Å². The van der Waals surface area contributed by atoms with Gasteiger partial charge in [0.05, 0.1) is 17.7 Å². The molecule has 0 atom stereocenters. The number of benzene rings is 3. The summed E-state index contributed by atoms with van der Waals surface area (Å²) in [6.45, 7) is 2.01. The van der Waals surface area contributed by atoms with E-state index in [9.17, 15) is 17.6 Å². The van der Waals surface area contributed by atoms with E-state index in [1.165, 1.54) is 54.6 Å². The Morgan fingerprint density at radius 1 is 1.00 bits per heavy atom. The van der Waals surface area contributed by atoms with Gasteiger partial charge in [-0.3, -0.25) is 9.10 Å². The van der Waals surface area contributed by atoms with Crippen LogP contribution in [-0.4, -0.2) is 40.3 Å². The van der Waals surface area contributed by atoms with Crippen LogP contribution in [0, 0.1) is 12.7 Å². The summed E-state index contributed by atoms with van der Waals surface area (Å²) in [6.07, 6.45) is 0. The average Bonchev–Trinajstić information content (AvgIpc) is 2.84. The molecule has 0 radical (unpaired) electrons. The number of rotatable bonds is 11. The second-order valence-corrected chi connectivity index (χ2v) is 10.5. The normalized spacial score (nSPS) is 11.1. The van der Waals surface area contributed by atoms with Crippen molar-refractivity contribution in [3.63, 3.8) is 0 Å². The molecule has 0 saturated heterocycles. The number of anilines is 1. The lowest BCUT2D eigenvalue weighted by Gasteiger charge is -2.24. The zero-order valence-corrected chi connectivity index (χ0v) is 20.7. The molecule has 34 heavy (non-hydrogen) atoms. The van der Waals surface area contributed by atoms with Gasteiger partial charge in [-0.2, -0.15) is 11.8 Å². The first-order chi connectivity index (χ1) is 16.3. The quantitative estimate of drug-likeness (QED) is 0.394. The number of amides is 1. The molecule has 0 heterocycles. The standard InChI is InChI=1S/C25H27FN2O4S2/c1-19-3-5-20(6-4-19)18-33-16-15-27-25(29)17-28(22-9-7-21(26)8-10-22)34(30,31)24-13-11-23(32-2)12-14-24/h3-14H,15-18H2,1-2H3,(H,27,29). The Morgan fingerprint density at radius 3 is 2.26 bits per heavy atom. The molecule has 0 saturated carbocycles. The molecule has 0 aromatic heterocycles. The summed E-state index contributed by atoms with van der Waals surface area (Å²) in [6, 6.07) is 19.1. The number of halogens is 1. The summed E-state index contributed by atoms with van der Waals surface area (Å²) in [4.78, 5) is 12.6. The maximum absolute atomic E-state index is 13.4. The number of nitrogens with one attached hydrogen (secondary N) is 1. The van der Waals surface area contributed by atoms with E-state index < -0.39 is 28.3 Å². The lowest BCUT2D eigenvalue weighted by atomic mass is 10.2. The molecule has 0 aliphatic rings. The average molecular weight is 503 g/mol. The van der Waals surface area contributed by atoms with Gasteiger partial charge in [-0.05, 0) is 61.0 Å². The molecule has 0 fully saturated rings. The largest absolute Gasteiger partial charge is 0.497 e. The Bertz CT molecular complexity index is 1180. The second-order valence-electron chi connectivity index (χ2n) is 7.55. The Labute approximate surface area is 204 Å². The minimum atomic E-state index is -4.07. The van der Waals surface area contributed by atoms with Crippen LogP contribution < -0.4 is 14.4 Å². The number of hydrogen-bond acceptors (Lipinski definition) is 5. The van der Waals surface area contributed by atoms with Gasteiger partial charge in [-0.1, -0.05) is 29.8 Å². The predicted octanol–water partition coefficient (Wildman–Crippen LogP) is 4.39. The van der Waals surface area contributed by atoms with E-state index in [4.69, 9.17) is 4.74 Å². The smallest absolute Gasteiger partial charge is 0.264 e. The molecule has 0 spiro atoms. The van der Waals surface area contributed by atoms with Gasteiger partial charge in [-0.25, -0.2) is 12.8 Å². The van der Waals surface area contributed by atoms with E-state index in [0.29, 0.717) is 18.0 Å². The number of methoxy groups -OCH3 is 1. The van der Waals surface area contributed by atoms with Gasteiger partial charge in [0.2, 0.25) is 5.91 Å². The van der Waals surface area contributed by atoms with Crippen LogP contribution in [0.15, 0.2) is 77.7 Å². The molecule has 3 rings (SSSR count). The topological polar surface area (TPSA) is 75.7 Å². The van der Waals surface area contributed by atoms with Crippen LogP contribution >= 0.6 is 11.8 Å². The molecule has 1 N–H and O–H groups in total. The summed E-state index contributed by atoms with van der Waals surface area (Å²) >= 11 is 1.68. The number of aryl methyl sites for hydroxylation is 1. The van der Waals surface area contributed by atoms with E-state index in [1.807, 2.05) is 6.92 Å². The highest BCUT2D eigenvalue weighted by Crippen LogP contribution is 2.25. The number of carbonyl (C=O) groups is 1. The third-order valence-corrected chi connectivity index (χ3v) is 7.83. The summed E-state index contributed by atoms with van der Waals surface area (Å²) in [5, 5.41) is 2.77. The van der Waals surface area contributed by atoms with Crippen LogP contribution in [0.2, 0.25) is 0 Å². The van der Waals surface area contributed by atoms with Gasteiger partial charge in [0.15, 0.2) is 0 Å². The van der Waals surface area contributed by atoms with Crippen LogP contribution in [0.1, 0.15) is 11.1 Å². The van der Waals surface area contributed by atoms with Crippen LogP contribution in [0.3, 0.4) is 0 Å². The first-order valence-corrected chi connectivity index (χ1v) is 13.2. The molecule has 3 aromatic rings. The first kappa shape index (κ1) is 25.6. The molecule has 180 valence electrons. The highest BCUT2D eigenvalue weighted by molar-refractivity contribution is 7.98. The van der Waals surface area contributed by atoms with Crippen molar-refractivity contribution in [2.24, 2.45) is 0 Å². The van der Waals surface area contributed by atoms with Gasteiger partial charge in [0.1, 0.15) is 18.1 Å². The van der Waals surface area contributed by atoms with Crippen LogP contribution in [0.4, 0.5) is 10.1 Å². The molecule has 1 amide bonds. The van der Waals surface area contributed by atoms with Gasteiger partial charge >= 0.3 is 0 Å². The zero-order valence-electron chi connectivity index (χ0n) is 19.0. The minimum absolute atomic E-state index is 0.000853. The van der Waals surface area contributed by atoms with Crippen molar-refractivity contribution in [1.82, 2.24) is 5.32 Å². The van der Waals surface area contributed by atoms with Crippen LogP contribution in [-0.2, 0) is 20.6 Å². The third kappa shape index (κ3) is 6.98. The minimum Gasteiger partial charge on any atom is -0.497 e. The number of carbonyl (C=O) groups excluding carboxylic acids is 1. The van der Waals surface area contributed by atoms with Crippen molar-refractivity contribution in [2.75, 3.05) is 30.3 Å². The second kappa shape index (κ2) is 11.9. The summed E-state index contributed by atoms with van der Waals surface area (Å²) in [5.41, 5.74) is 2.60. The maximum Gasteiger partial charge on any atom is 0.264 e. The number of sulfonamides is 1. The number of nitrogens with zero attached hydrogens (tertiary/aromatic N) is 1. The highest BCUT2D eigenvalue weighted by Gasteiger charge is 2.27. The molecule has 0 bridgehead atoms. The lowest BCUT2D eigenvalue weighted by Crippen LogP contribution is -2.41. The fourth-order valence-electron chi connectivity index (χ4n) is 3.12. The van der Waals surface area contributed by atoms with Crippen molar-refractivity contribution in [1.29, 1.82) is 0 Å². The third-order valence-electron chi connectivity index (χ3n) is 5.01. The van der Waals surface area contributed by atoms with E-state index in [2.05, 4.69) is 29.6 Å². The van der Waals surface area contributed by atoms with E-state index in [-0.39, 0.29) is 10.6 Å². The van der Waals surface area contributed by atoms with Crippen molar-refractivity contribution in [3.05, 3.63) is 89.7 Å². The molecule has 0 aliphatic heterocycles. The number of ether oxygens (including phenoxy) is 1. The summed E-state index contributed by atoms with van der Waals surface area (Å²) < 4.78 is 46.1. The molecule has 9 heteroatoms. The predicted molar refractivity (Wildman–Crippen MR) is 134 cm³/mol. The maximum atomic E-state index is 13.4. The van der Waals surface area contributed by atoms with Crippen molar-refractivity contribution in [2.45, 2.75) is 17.6 Å². The molecule has 3 aromatic carbocycles. The number of hydrogen-bond donors (Lipinski definition) is 1. The van der Waals surface area contributed by atoms with Crippen LogP contribution in [0.25, 0.3) is 0 Å². The fraction of sp³-hybridized carbons (Fsp3) is 0.240. The molecule has 0 unspecified atom stereocenters. The SMILES string of the molecule is COc1ccc(S(=O)(=O)N(CC(=O)NCCSCc2ccc(C)cc2)c2ccc(F)cc2)cc1. The Balaban J connectivity index is 1.64. The highest BCUT2D eigenvalue weighted by atomic mass is 32.2. The first-order valence-electron chi connectivity index (χ1n) is 10.6. The van der Waals surface area contributed by atoms with Crippen molar-refractivity contribution >= 4 is 33.4 Å². The van der Waals surface area contributed by atoms with Gasteiger partial charge in [0, 0.05) is 18.1 Å². The molecule has 6 nitrogen and oxygen atoms in total. The molecular weight excluding hydrogens is 475 g/mol.